The highest BCUT2D eigenvalue weighted by Gasteiger charge is 2.59. The molecule has 0 heterocycles. The molecule has 0 saturated heterocycles. The molecule has 0 radical (unpaired) electrons. The Hall–Kier alpha value is -6.24. The molecule has 0 atom stereocenters. The summed E-state index contributed by atoms with van der Waals surface area (Å²) in [6.07, 6.45) is 0. The van der Waals surface area contributed by atoms with Gasteiger partial charge in [0.25, 0.3) is 0 Å². The van der Waals surface area contributed by atoms with E-state index in [0.717, 1.165) is 0 Å². The van der Waals surface area contributed by atoms with Crippen LogP contribution in [0.3, 0.4) is 0 Å². The predicted octanol–water partition coefficient (Wildman–Crippen LogP) is 17.9. The minimum atomic E-state index is -0.566. The summed E-state index contributed by atoms with van der Waals surface area (Å²) in [5, 5.41) is 0. The van der Waals surface area contributed by atoms with E-state index in [1.807, 2.05) is 0 Å². The van der Waals surface area contributed by atoms with Gasteiger partial charge in [-0.25, -0.2) is 0 Å². The first-order valence-corrected chi connectivity index (χ1v) is 24.7. The Bertz CT molecular complexity index is 3050. The van der Waals surface area contributed by atoms with Crippen LogP contribution in [0.1, 0.15) is 128 Å². The highest BCUT2D eigenvalue weighted by Crippen LogP contribution is 2.66. The van der Waals surface area contributed by atoms with Crippen LogP contribution in [0, 0.1) is 10.8 Å². The Morgan fingerprint density at radius 2 is 0.582 bits per heavy atom. The van der Waals surface area contributed by atoms with E-state index in [-0.39, 0.29) is 32.5 Å². The average Bonchev–Trinajstić information content (AvgIpc) is 3.73. The number of benzene rings is 8. The molecule has 11 rings (SSSR count). The third-order valence-corrected chi connectivity index (χ3v) is 19.5. The first-order valence-electron chi connectivity index (χ1n) is 24.7. The van der Waals surface area contributed by atoms with Gasteiger partial charge in [-0.15, -0.1) is 0 Å². The molecule has 0 saturated carbocycles. The molecule has 334 valence electrons. The molecule has 0 aliphatic heterocycles. The van der Waals surface area contributed by atoms with Gasteiger partial charge in [-0.2, -0.15) is 0 Å². The summed E-state index contributed by atoms with van der Waals surface area (Å²) in [7, 11) is 0. The lowest BCUT2D eigenvalue weighted by molar-refractivity contribution is 0.125. The standard InChI is InChI=1S/C67H66/c1-61(2)57-41-47(39-53(43-25-15-13-16-26-43)59(57)63(5,6)65(61,9)10)45-29-23-31-49(37-45)67(55-35-21-19-33-51(55)52-34-20-22-36-56(52)67)50-32-24-30-46(38-50)48-40-54(44-27-17-14-18-28-44)60-58(42-48)62(3,4)66(11,12)64(60,7)8/h13-42H,1-12H3. The van der Waals surface area contributed by atoms with Gasteiger partial charge in [0.2, 0.25) is 0 Å². The molecule has 0 aromatic heterocycles. The van der Waals surface area contributed by atoms with Crippen molar-refractivity contribution in [2.75, 3.05) is 0 Å². The van der Waals surface area contributed by atoms with Gasteiger partial charge in [0.15, 0.2) is 0 Å². The molecule has 0 heteroatoms. The first kappa shape index (κ1) is 43.3. The molecule has 0 spiro atoms. The van der Waals surface area contributed by atoms with E-state index in [0.29, 0.717) is 0 Å². The lowest BCUT2D eigenvalue weighted by Gasteiger charge is -2.44. The van der Waals surface area contributed by atoms with Gasteiger partial charge in [-0.3, -0.25) is 0 Å². The summed E-state index contributed by atoms with van der Waals surface area (Å²) in [5.74, 6) is 0. The van der Waals surface area contributed by atoms with E-state index in [1.54, 1.807) is 0 Å². The number of fused-ring (bicyclic) bond motifs is 5. The second kappa shape index (κ2) is 14.4. The second-order valence-electron chi connectivity index (χ2n) is 23.4. The van der Waals surface area contributed by atoms with E-state index in [2.05, 4.69) is 265 Å². The molecule has 3 aliphatic carbocycles. The van der Waals surface area contributed by atoms with Crippen LogP contribution < -0.4 is 0 Å². The van der Waals surface area contributed by atoms with Gasteiger partial charge in [0.05, 0.1) is 5.41 Å². The second-order valence-corrected chi connectivity index (χ2v) is 23.4. The Morgan fingerprint density at radius 1 is 0.239 bits per heavy atom. The smallest absolute Gasteiger partial charge is 0.0622 e. The van der Waals surface area contributed by atoms with Crippen molar-refractivity contribution in [1.82, 2.24) is 0 Å². The minimum Gasteiger partial charge on any atom is -0.0622 e. The average molecular weight is 871 g/mol. The third kappa shape index (κ3) is 5.66. The van der Waals surface area contributed by atoms with Crippen LogP contribution in [-0.2, 0) is 27.1 Å². The largest absolute Gasteiger partial charge is 0.0713 e. The van der Waals surface area contributed by atoms with Crippen molar-refractivity contribution >= 4 is 0 Å². The zero-order valence-corrected chi connectivity index (χ0v) is 41.8. The van der Waals surface area contributed by atoms with Gasteiger partial charge < -0.3 is 0 Å². The minimum absolute atomic E-state index is 0.0293. The summed E-state index contributed by atoms with van der Waals surface area (Å²) in [6.45, 7) is 29.6. The summed E-state index contributed by atoms with van der Waals surface area (Å²) in [4.78, 5) is 0. The van der Waals surface area contributed by atoms with Crippen molar-refractivity contribution in [1.29, 1.82) is 0 Å². The topological polar surface area (TPSA) is 0 Å². The normalized spacial score (nSPS) is 19.0. The van der Waals surface area contributed by atoms with Crippen molar-refractivity contribution in [3.05, 3.63) is 226 Å². The molecule has 0 amide bonds. The SMILES string of the molecule is CC1(C)c2cc(-c3cccc(C4(c5cccc(-c6cc(-c7ccccc7)c7c(c6)C(C)(C)C(C)(C)C7(C)C)c5)c5ccccc5-c5ccccc54)c3)cc(-c3ccccc3)c2C(C)(C)C1(C)C. The number of hydrogen-bond acceptors (Lipinski definition) is 0. The maximum absolute atomic E-state index is 2.55. The van der Waals surface area contributed by atoms with Gasteiger partial charge in [-0.1, -0.05) is 241 Å². The molecule has 8 aromatic carbocycles. The van der Waals surface area contributed by atoms with Gasteiger partial charge in [-0.05, 0) is 157 Å². The van der Waals surface area contributed by atoms with Crippen LogP contribution >= 0.6 is 0 Å². The highest BCUT2D eigenvalue weighted by atomic mass is 14.6. The lowest BCUT2D eigenvalue weighted by atomic mass is 9.59. The van der Waals surface area contributed by atoms with Gasteiger partial charge in [0, 0.05) is 0 Å². The van der Waals surface area contributed by atoms with Crippen LogP contribution in [0.15, 0.2) is 182 Å². The van der Waals surface area contributed by atoms with E-state index in [4.69, 9.17) is 0 Å². The molecule has 67 heavy (non-hydrogen) atoms. The molecule has 0 nitrogen and oxygen atoms in total. The van der Waals surface area contributed by atoms with Gasteiger partial charge >= 0.3 is 0 Å². The molecule has 8 aromatic rings. The zero-order chi connectivity index (χ0) is 47.1. The van der Waals surface area contributed by atoms with E-state index in [9.17, 15) is 0 Å². The Kier molecular flexibility index (Phi) is 9.31. The van der Waals surface area contributed by atoms with Crippen molar-refractivity contribution < 1.29 is 0 Å². The summed E-state index contributed by atoms with van der Waals surface area (Å²) >= 11 is 0. The zero-order valence-electron chi connectivity index (χ0n) is 41.8. The van der Waals surface area contributed by atoms with Crippen LogP contribution in [0.5, 0.6) is 0 Å². The maximum atomic E-state index is 2.55. The van der Waals surface area contributed by atoms with Crippen LogP contribution in [0.25, 0.3) is 55.6 Å². The Morgan fingerprint density at radius 3 is 0.970 bits per heavy atom. The Balaban J connectivity index is 1.16. The Labute approximate surface area is 401 Å². The molecular weight excluding hydrogens is 805 g/mol. The fraction of sp³-hybridized carbons (Fsp3) is 0.284. The molecule has 0 fully saturated rings. The highest BCUT2D eigenvalue weighted by molar-refractivity contribution is 5.89. The summed E-state index contributed by atoms with van der Waals surface area (Å²) in [6, 6.07) is 69.8. The monoisotopic (exact) mass is 871 g/mol. The molecule has 0 unspecified atom stereocenters. The summed E-state index contributed by atoms with van der Waals surface area (Å²) in [5.41, 5.74) is 23.3. The molecule has 3 aliphatic rings. The van der Waals surface area contributed by atoms with E-state index < -0.39 is 5.41 Å². The van der Waals surface area contributed by atoms with Crippen molar-refractivity contribution in [3.8, 4) is 55.6 Å². The van der Waals surface area contributed by atoms with Crippen molar-refractivity contribution in [2.24, 2.45) is 10.8 Å². The van der Waals surface area contributed by atoms with Crippen LogP contribution in [-0.4, -0.2) is 0 Å². The quantitative estimate of drug-likeness (QED) is 0.156. The van der Waals surface area contributed by atoms with Crippen molar-refractivity contribution in [2.45, 2.75) is 110 Å². The molecule has 0 bridgehead atoms. The summed E-state index contributed by atoms with van der Waals surface area (Å²) < 4.78 is 0. The first-order chi connectivity index (χ1) is 31.8. The fourth-order valence-electron chi connectivity index (χ4n) is 13.4. The van der Waals surface area contributed by atoms with Crippen molar-refractivity contribution in [3.63, 3.8) is 0 Å². The number of rotatable bonds is 6. The van der Waals surface area contributed by atoms with Gasteiger partial charge in [0.1, 0.15) is 0 Å². The predicted molar refractivity (Wildman–Crippen MR) is 285 cm³/mol. The van der Waals surface area contributed by atoms with E-state index >= 15 is 0 Å². The van der Waals surface area contributed by atoms with Crippen LogP contribution in [0.4, 0.5) is 0 Å². The number of hydrogen-bond donors (Lipinski definition) is 0. The third-order valence-electron chi connectivity index (χ3n) is 19.5. The fourth-order valence-corrected chi connectivity index (χ4v) is 13.4. The molecular formula is C67H66. The van der Waals surface area contributed by atoms with Crippen LogP contribution in [0.2, 0.25) is 0 Å². The maximum Gasteiger partial charge on any atom is 0.0713 e. The molecule has 0 N–H and O–H groups in total. The van der Waals surface area contributed by atoms with E-state index in [1.165, 1.54) is 100 Å². The lowest BCUT2D eigenvalue weighted by Crippen LogP contribution is -2.42.